The van der Waals surface area contributed by atoms with Crippen molar-refractivity contribution in [1.82, 2.24) is 0 Å². The number of carbonyl (C=O) groups excluding carboxylic acids is 2. The summed E-state index contributed by atoms with van der Waals surface area (Å²) in [5.74, 6) is -1.79. The smallest absolute Gasteiger partial charge is 0.417 e. The van der Waals surface area contributed by atoms with Crippen molar-refractivity contribution in [3.05, 3.63) is 0 Å². The third-order valence-electron chi connectivity index (χ3n) is 1.93. The molecular weight excluding hydrogens is 160 g/mol. The van der Waals surface area contributed by atoms with E-state index in [4.69, 9.17) is 4.74 Å². The van der Waals surface area contributed by atoms with Crippen LogP contribution in [0.15, 0.2) is 0 Å². The van der Waals surface area contributed by atoms with E-state index < -0.39 is 11.9 Å². The average molecular weight is 172 g/mol. The number of hydrogen-bond donors (Lipinski definition) is 0. The second kappa shape index (κ2) is 4.09. The Balaban J connectivity index is 2.29. The minimum Gasteiger partial charge on any atom is -0.461 e. The van der Waals surface area contributed by atoms with Gasteiger partial charge in [-0.05, 0) is 25.7 Å². The number of hydrogen-bond acceptors (Lipinski definition) is 4. The summed E-state index contributed by atoms with van der Waals surface area (Å²) >= 11 is 0. The molecule has 0 heterocycles. The minimum atomic E-state index is -0.915. The van der Waals surface area contributed by atoms with Gasteiger partial charge in [-0.1, -0.05) is 0 Å². The highest BCUT2D eigenvalue weighted by Crippen LogP contribution is 2.20. The van der Waals surface area contributed by atoms with Gasteiger partial charge >= 0.3 is 11.9 Å². The van der Waals surface area contributed by atoms with Gasteiger partial charge in [0.1, 0.15) is 6.10 Å². The highest BCUT2D eigenvalue weighted by Gasteiger charge is 2.23. The lowest BCUT2D eigenvalue weighted by molar-refractivity contribution is -0.169. The van der Waals surface area contributed by atoms with Crippen molar-refractivity contribution in [2.75, 3.05) is 7.11 Å². The Morgan fingerprint density at radius 2 is 1.75 bits per heavy atom. The van der Waals surface area contributed by atoms with Crippen molar-refractivity contribution in [2.45, 2.75) is 31.8 Å². The summed E-state index contributed by atoms with van der Waals surface area (Å²) in [7, 11) is 1.16. The van der Waals surface area contributed by atoms with Gasteiger partial charge in [-0.15, -0.1) is 0 Å². The molecule has 0 aliphatic heterocycles. The maximum absolute atomic E-state index is 10.8. The Labute approximate surface area is 70.8 Å². The molecule has 1 aliphatic rings. The molecule has 12 heavy (non-hydrogen) atoms. The van der Waals surface area contributed by atoms with Crippen LogP contribution in [0.2, 0.25) is 0 Å². The van der Waals surface area contributed by atoms with E-state index in [-0.39, 0.29) is 6.10 Å². The molecule has 0 aromatic carbocycles. The van der Waals surface area contributed by atoms with Gasteiger partial charge in [0.25, 0.3) is 0 Å². The SMILES string of the molecule is COC(=O)C(=O)OC1CCCC1. The molecule has 68 valence electrons. The van der Waals surface area contributed by atoms with Gasteiger partial charge in [0.15, 0.2) is 0 Å². The number of esters is 2. The van der Waals surface area contributed by atoms with E-state index in [1.54, 1.807) is 0 Å². The fraction of sp³-hybridized carbons (Fsp3) is 0.750. The van der Waals surface area contributed by atoms with Crippen molar-refractivity contribution in [3.63, 3.8) is 0 Å². The summed E-state index contributed by atoms with van der Waals surface area (Å²) in [5, 5.41) is 0. The molecule has 0 spiro atoms. The average Bonchev–Trinajstić information content (AvgIpc) is 2.55. The number of methoxy groups -OCH3 is 1. The summed E-state index contributed by atoms with van der Waals surface area (Å²) in [6, 6.07) is 0. The predicted molar refractivity (Wildman–Crippen MR) is 40.4 cm³/mol. The number of rotatable bonds is 1. The highest BCUT2D eigenvalue weighted by atomic mass is 16.6. The zero-order chi connectivity index (χ0) is 8.97. The van der Waals surface area contributed by atoms with Gasteiger partial charge in [-0.2, -0.15) is 0 Å². The Hall–Kier alpha value is -1.06. The first-order valence-corrected chi connectivity index (χ1v) is 4.03. The van der Waals surface area contributed by atoms with E-state index >= 15 is 0 Å². The van der Waals surface area contributed by atoms with Crippen molar-refractivity contribution in [1.29, 1.82) is 0 Å². The Kier molecular flexibility index (Phi) is 3.08. The van der Waals surface area contributed by atoms with Gasteiger partial charge in [0.05, 0.1) is 7.11 Å². The molecule has 0 atom stereocenters. The van der Waals surface area contributed by atoms with E-state index in [1.165, 1.54) is 0 Å². The summed E-state index contributed by atoms with van der Waals surface area (Å²) in [6.07, 6.45) is 3.79. The van der Waals surface area contributed by atoms with Crippen molar-refractivity contribution in [3.8, 4) is 0 Å². The van der Waals surface area contributed by atoms with Crippen LogP contribution >= 0.6 is 0 Å². The highest BCUT2D eigenvalue weighted by molar-refractivity contribution is 6.29. The lowest BCUT2D eigenvalue weighted by Gasteiger charge is -2.08. The van der Waals surface area contributed by atoms with E-state index in [0.29, 0.717) is 0 Å². The molecule has 0 N–H and O–H groups in total. The molecule has 0 aromatic heterocycles. The van der Waals surface area contributed by atoms with Crippen LogP contribution in [0, 0.1) is 0 Å². The summed E-state index contributed by atoms with van der Waals surface area (Å²) in [6.45, 7) is 0. The molecule has 1 rings (SSSR count). The van der Waals surface area contributed by atoms with Gasteiger partial charge in [-0.25, -0.2) is 9.59 Å². The molecule has 0 saturated heterocycles. The number of carbonyl (C=O) groups is 2. The zero-order valence-corrected chi connectivity index (χ0v) is 7.04. The van der Waals surface area contributed by atoms with Crippen LogP contribution in [-0.2, 0) is 19.1 Å². The molecule has 1 aliphatic carbocycles. The molecule has 4 heteroatoms. The molecule has 0 amide bonds. The topological polar surface area (TPSA) is 52.6 Å². The standard InChI is InChI=1S/C8H12O4/c1-11-7(9)8(10)12-6-4-2-3-5-6/h6H,2-5H2,1H3. The first-order chi connectivity index (χ1) is 5.74. The fourth-order valence-electron chi connectivity index (χ4n) is 1.29. The van der Waals surface area contributed by atoms with Crippen LogP contribution in [0.1, 0.15) is 25.7 Å². The van der Waals surface area contributed by atoms with Crippen LogP contribution in [0.3, 0.4) is 0 Å². The van der Waals surface area contributed by atoms with E-state index in [9.17, 15) is 9.59 Å². The minimum absolute atomic E-state index is 0.0726. The maximum Gasteiger partial charge on any atom is 0.417 e. The summed E-state index contributed by atoms with van der Waals surface area (Å²) < 4.78 is 9.06. The van der Waals surface area contributed by atoms with Gasteiger partial charge < -0.3 is 9.47 Å². The van der Waals surface area contributed by atoms with Crippen LogP contribution < -0.4 is 0 Å². The fourth-order valence-corrected chi connectivity index (χ4v) is 1.29. The van der Waals surface area contributed by atoms with Gasteiger partial charge in [-0.3, -0.25) is 0 Å². The molecule has 0 unspecified atom stereocenters. The third-order valence-corrected chi connectivity index (χ3v) is 1.93. The Bertz CT molecular complexity index is 181. The lowest BCUT2D eigenvalue weighted by atomic mass is 10.3. The normalized spacial score (nSPS) is 17.4. The molecule has 4 nitrogen and oxygen atoms in total. The van der Waals surface area contributed by atoms with Crippen molar-refractivity contribution < 1.29 is 19.1 Å². The van der Waals surface area contributed by atoms with Crippen LogP contribution in [0.5, 0.6) is 0 Å². The molecular formula is C8H12O4. The first kappa shape index (κ1) is 9.03. The first-order valence-electron chi connectivity index (χ1n) is 4.03. The number of ether oxygens (including phenoxy) is 2. The van der Waals surface area contributed by atoms with E-state index in [2.05, 4.69) is 4.74 Å². The second-order valence-corrected chi connectivity index (χ2v) is 2.80. The van der Waals surface area contributed by atoms with E-state index in [0.717, 1.165) is 32.8 Å². The molecule has 0 bridgehead atoms. The van der Waals surface area contributed by atoms with Gasteiger partial charge in [0, 0.05) is 0 Å². The van der Waals surface area contributed by atoms with Gasteiger partial charge in [0.2, 0.25) is 0 Å². The Morgan fingerprint density at radius 1 is 1.17 bits per heavy atom. The molecule has 0 radical (unpaired) electrons. The predicted octanol–water partition coefficient (Wildman–Crippen LogP) is 0.645. The maximum atomic E-state index is 10.8. The van der Waals surface area contributed by atoms with E-state index in [1.807, 2.05) is 0 Å². The largest absolute Gasteiger partial charge is 0.461 e. The van der Waals surface area contributed by atoms with Crippen molar-refractivity contribution in [2.24, 2.45) is 0 Å². The quantitative estimate of drug-likeness (QED) is 0.430. The zero-order valence-electron chi connectivity index (χ0n) is 7.04. The Morgan fingerprint density at radius 3 is 2.25 bits per heavy atom. The monoisotopic (exact) mass is 172 g/mol. The van der Waals surface area contributed by atoms with Crippen LogP contribution in [-0.4, -0.2) is 25.2 Å². The lowest BCUT2D eigenvalue weighted by Crippen LogP contribution is -2.23. The third kappa shape index (κ3) is 2.22. The summed E-state index contributed by atoms with van der Waals surface area (Å²) in [4.78, 5) is 21.4. The molecule has 1 fully saturated rings. The summed E-state index contributed by atoms with van der Waals surface area (Å²) in [5.41, 5.74) is 0. The van der Waals surface area contributed by atoms with Crippen molar-refractivity contribution >= 4 is 11.9 Å². The molecule has 0 aromatic rings. The van der Waals surface area contributed by atoms with Crippen LogP contribution in [0.25, 0.3) is 0 Å². The van der Waals surface area contributed by atoms with Crippen LogP contribution in [0.4, 0.5) is 0 Å². The second-order valence-electron chi connectivity index (χ2n) is 2.80. The molecule has 1 saturated carbocycles.